The Bertz CT molecular complexity index is 2340. The van der Waals surface area contributed by atoms with E-state index in [-0.39, 0.29) is 0 Å². The number of aromatic nitrogens is 4. The van der Waals surface area contributed by atoms with Crippen molar-refractivity contribution in [2.24, 2.45) is 0 Å². The Labute approximate surface area is 287 Å². The number of imidazole rings is 1. The van der Waals surface area contributed by atoms with E-state index in [2.05, 4.69) is 78.6 Å². The number of morpholine rings is 1. The minimum Gasteiger partial charge on any atom is -0.489 e. The minimum atomic E-state index is -0.432. The number of aromatic amines is 1. The number of ether oxygens (including phenoxy) is 2. The summed E-state index contributed by atoms with van der Waals surface area (Å²) >= 11 is 0. The summed E-state index contributed by atoms with van der Waals surface area (Å²) < 4.78 is 26.9. The molecule has 1 unspecified atom stereocenters. The highest BCUT2D eigenvalue weighted by Crippen LogP contribution is 2.52. The van der Waals surface area contributed by atoms with Crippen LogP contribution in [0.4, 0.5) is 5.69 Å². The summed E-state index contributed by atoms with van der Waals surface area (Å²) in [6.07, 6.45) is 8.97. The van der Waals surface area contributed by atoms with Gasteiger partial charge in [-0.15, -0.1) is 0 Å². The van der Waals surface area contributed by atoms with Crippen molar-refractivity contribution < 1.29 is 18.4 Å². The molecule has 0 radical (unpaired) electrons. The summed E-state index contributed by atoms with van der Waals surface area (Å²) in [7, 11) is 0. The summed E-state index contributed by atoms with van der Waals surface area (Å²) in [6.45, 7) is 5.93. The summed E-state index contributed by atoms with van der Waals surface area (Å²) in [5, 5.41) is 12.5. The molecule has 2 N–H and O–H groups in total. The lowest BCUT2D eigenvalue weighted by Gasteiger charge is -2.36. The second-order valence-corrected chi connectivity index (χ2v) is 12.8. The van der Waals surface area contributed by atoms with Crippen LogP contribution in [0.3, 0.4) is 0 Å². The molecule has 4 aromatic heterocycles. The number of rotatable bonds is 6. The molecule has 0 aliphatic carbocycles. The second kappa shape index (κ2) is 12.0. The molecule has 0 saturated carbocycles. The number of H-pyrrole nitrogens is 1. The van der Waals surface area contributed by atoms with Gasteiger partial charge in [0.2, 0.25) is 0 Å². The largest absolute Gasteiger partial charge is 0.489 e. The van der Waals surface area contributed by atoms with E-state index >= 15 is 0 Å². The van der Waals surface area contributed by atoms with Gasteiger partial charge < -0.3 is 38.6 Å². The predicted octanol–water partition coefficient (Wildman–Crippen LogP) is 6.77. The van der Waals surface area contributed by atoms with Crippen LogP contribution in [0.5, 0.6) is 0 Å². The molecule has 0 bridgehead atoms. The maximum absolute atomic E-state index is 6.80. The number of anilines is 1. The van der Waals surface area contributed by atoms with Crippen molar-refractivity contribution in [3.8, 4) is 34.1 Å². The topological polar surface area (TPSA) is 110 Å². The highest BCUT2D eigenvalue weighted by Gasteiger charge is 2.36. The number of fused-ring (bicyclic) bond motifs is 3. The molecule has 7 aromatic rings. The molecule has 2 saturated heterocycles. The fourth-order valence-electron chi connectivity index (χ4n) is 7.68. The zero-order chi connectivity index (χ0) is 33.0. The van der Waals surface area contributed by atoms with Crippen LogP contribution in [0, 0.1) is 0 Å². The van der Waals surface area contributed by atoms with Crippen LogP contribution in [0.15, 0.2) is 106 Å². The van der Waals surface area contributed by atoms with Gasteiger partial charge in [0.15, 0.2) is 11.5 Å². The zero-order valence-corrected chi connectivity index (χ0v) is 27.3. The van der Waals surface area contributed by atoms with Crippen molar-refractivity contribution in [1.82, 2.24) is 25.1 Å². The van der Waals surface area contributed by atoms with Gasteiger partial charge in [-0.1, -0.05) is 47.6 Å². The average molecular weight is 666 g/mol. The molecule has 7 heterocycles. The molecular formula is C39H35N7O4. The lowest BCUT2D eigenvalue weighted by molar-refractivity contribution is 0.123. The van der Waals surface area contributed by atoms with Crippen LogP contribution in [-0.2, 0) is 9.47 Å². The number of allylic oxidation sites excluding steroid dienone is 2. The number of benzene rings is 3. The first-order valence-electron chi connectivity index (χ1n) is 17.2. The number of piperazine rings is 1. The molecule has 0 amide bonds. The normalized spacial score (nSPS) is 18.1. The fourth-order valence-corrected chi connectivity index (χ4v) is 7.68. The van der Waals surface area contributed by atoms with E-state index in [0.717, 1.165) is 92.9 Å². The molecule has 2 fully saturated rings. The summed E-state index contributed by atoms with van der Waals surface area (Å²) in [4.78, 5) is 11.8. The van der Waals surface area contributed by atoms with Crippen molar-refractivity contribution in [2.75, 3.05) is 62.4 Å². The smallest absolute Gasteiger partial charge is 0.182 e. The van der Waals surface area contributed by atoms with Crippen molar-refractivity contribution >= 4 is 38.6 Å². The van der Waals surface area contributed by atoms with E-state index < -0.39 is 6.10 Å². The number of para-hydroxylation sites is 2. The molecule has 10 rings (SSSR count). The average Bonchev–Trinajstić information content (AvgIpc) is 4.00. The van der Waals surface area contributed by atoms with E-state index in [1.165, 1.54) is 0 Å². The van der Waals surface area contributed by atoms with E-state index in [9.17, 15) is 0 Å². The maximum atomic E-state index is 6.80. The summed E-state index contributed by atoms with van der Waals surface area (Å²) in [6, 6.07) is 22.9. The van der Waals surface area contributed by atoms with Crippen LogP contribution in [0.25, 0.3) is 67.0 Å². The molecule has 1 atom stereocenters. The molecule has 3 aromatic carbocycles. The number of hydrogen-bond donors (Lipinski definition) is 2. The Balaban J connectivity index is 1.42. The molecule has 3 aliphatic heterocycles. The Morgan fingerprint density at radius 3 is 2.46 bits per heavy atom. The SMILES string of the molecule is C1=COC(c2c(-c3cc4ccccc4o3)c(N3CCOCC3)c(-c3cc4ccccc4[nH]3)c3c2nc(-c2ccon2)n3N2CCNCC2)C=C1. The van der Waals surface area contributed by atoms with Gasteiger partial charge in [-0.2, -0.15) is 0 Å². The Kier molecular flexibility index (Phi) is 6.98. The quantitative estimate of drug-likeness (QED) is 0.199. The van der Waals surface area contributed by atoms with E-state index in [1.807, 2.05) is 36.4 Å². The van der Waals surface area contributed by atoms with Gasteiger partial charge in [-0.3, -0.25) is 0 Å². The van der Waals surface area contributed by atoms with Crippen molar-refractivity contribution in [3.63, 3.8) is 0 Å². The summed E-state index contributed by atoms with van der Waals surface area (Å²) in [5.74, 6) is 1.47. The van der Waals surface area contributed by atoms with Gasteiger partial charge in [-0.05, 0) is 36.4 Å². The third-order valence-electron chi connectivity index (χ3n) is 9.92. The monoisotopic (exact) mass is 665 g/mol. The predicted molar refractivity (Wildman–Crippen MR) is 194 cm³/mol. The lowest BCUT2D eigenvalue weighted by Crippen LogP contribution is -2.49. The van der Waals surface area contributed by atoms with Gasteiger partial charge >= 0.3 is 0 Å². The molecule has 250 valence electrons. The first-order valence-corrected chi connectivity index (χ1v) is 17.2. The van der Waals surface area contributed by atoms with Gasteiger partial charge in [-0.25, -0.2) is 9.66 Å². The van der Waals surface area contributed by atoms with Gasteiger partial charge in [0.1, 0.15) is 34.7 Å². The van der Waals surface area contributed by atoms with E-state index in [4.69, 9.17) is 23.4 Å². The van der Waals surface area contributed by atoms with Crippen molar-refractivity contribution in [2.45, 2.75) is 6.10 Å². The first kappa shape index (κ1) is 29.2. The van der Waals surface area contributed by atoms with Crippen LogP contribution >= 0.6 is 0 Å². The Morgan fingerprint density at radius 1 is 0.840 bits per heavy atom. The van der Waals surface area contributed by atoms with Gasteiger partial charge in [0, 0.05) is 67.2 Å². The fraction of sp³-hybridized carbons (Fsp3) is 0.231. The molecule has 3 aliphatic rings. The molecule has 11 nitrogen and oxygen atoms in total. The summed E-state index contributed by atoms with van der Waals surface area (Å²) in [5.41, 5.74) is 9.28. The number of nitrogens with one attached hydrogen (secondary N) is 2. The second-order valence-electron chi connectivity index (χ2n) is 12.8. The number of nitrogens with zero attached hydrogens (tertiary/aromatic N) is 5. The van der Waals surface area contributed by atoms with Crippen LogP contribution < -0.4 is 15.2 Å². The molecule has 11 heteroatoms. The maximum Gasteiger partial charge on any atom is 0.182 e. The van der Waals surface area contributed by atoms with E-state index in [1.54, 1.807) is 12.5 Å². The minimum absolute atomic E-state index is 0.432. The molecular weight excluding hydrogens is 630 g/mol. The standard InChI is InChI=1S/C39H35N7O4/c1-3-9-27-25(7-1)23-29(41-27)33-37(44-17-21-47-22-18-44)35(32-24-26-8-2-4-10-30(26)50-32)34(31-11-5-6-19-48-31)36-38(33)46(45-15-13-40-14-16-45)39(42-36)28-12-20-49-43-28/h1-12,19-20,23-24,31,40-41H,13-18,21-22H2. The highest BCUT2D eigenvalue weighted by molar-refractivity contribution is 6.11. The van der Waals surface area contributed by atoms with Crippen molar-refractivity contribution in [1.29, 1.82) is 0 Å². The Morgan fingerprint density at radius 2 is 1.68 bits per heavy atom. The van der Waals surface area contributed by atoms with E-state index in [0.29, 0.717) is 37.8 Å². The van der Waals surface area contributed by atoms with Crippen LogP contribution in [0.1, 0.15) is 11.7 Å². The third kappa shape index (κ3) is 4.72. The molecule has 0 spiro atoms. The van der Waals surface area contributed by atoms with Gasteiger partial charge in [0.05, 0.1) is 42.0 Å². The zero-order valence-electron chi connectivity index (χ0n) is 27.3. The lowest BCUT2D eigenvalue weighted by atomic mass is 9.90. The number of furan rings is 1. The van der Waals surface area contributed by atoms with Crippen LogP contribution in [0.2, 0.25) is 0 Å². The Hall–Kier alpha value is -5.78. The molecule has 50 heavy (non-hydrogen) atoms. The first-order chi connectivity index (χ1) is 24.8. The van der Waals surface area contributed by atoms with Crippen LogP contribution in [-0.4, -0.2) is 72.3 Å². The van der Waals surface area contributed by atoms with Gasteiger partial charge in [0.25, 0.3) is 0 Å². The number of hydrogen-bond acceptors (Lipinski definition) is 9. The highest BCUT2D eigenvalue weighted by atomic mass is 16.5. The third-order valence-corrected chi connectivity index (χ3v) is 9.92. The van der Waals surface area contributed by atoms with Crippen molar-refractivity contribution in [3.05, 3.63) is 103 Å².